The largest absolute Gasteiger partial charge is 0.197 e. The van der Waals surface area contributed by atoms with Crippen LogP contribution < -0.4 is 0 Å². The van der Waals surface area contributed by atoms with Crippen molar-refractivity contribution in [3.8, 4) is 11.3 Å². The van der Waals surface area contributed by atoms with Gasteiger partial charge >= 0.3 is 0 Å². The Morgan fingerprint density at radius 2 is 2.23 bits per heavy atom. The van der Waals surface area contributed by atoms with Gasteiger partial charge in [-0.1, -0.05) is 0 Å². The smallest absolute Gasteiger partial charge is 0.129 e. The minimum Gasteiger partial charge on any atom is -0.197 e. The second-order valence-electron chi connectivity index (χ2n) is 2.52. The van der Waals surface area contributed by atoms with Crippen molar-refractivity contribution in [3.05, 3.63) is 22.6 Å². The quantitative estimate of drug-likeness (QED) is 0.816. The summed E-state index contributed by atoms with van der Waals surface area (Å²) in [5, 5.41) is 18.1. The Bertz CT molecular complexity index is 424. The van der Waals surface area contributed by atoms with Crippen LogP contribution in [0.3, 0.4) is 0 Å². The van der Waals surface area contributed by atoms with Gasteiger partial charge in [0, 0.05) is 5.56 Å². The lowest BCUT2D eigenvalue weighted by molar-refractivity contribution is 0.928. The third kappa shape index (κ3) is 1.57. The lowest BCUT2D eigenvalue weighted by atomic mass is 10.2. The molecule has 0 spiro atoms. The highest BCUT2D eigenvalue weighted by Crippen LogP contribution is 2.19. The van der Waals surface area contributed by atoms with Gasteiger partial charge in [0.25, 0.3) is 0 Å². The Balaban J connectivity index is 2.53. The van der Waals surface area contributed by atoms with Crippen LogP contribution >= 0.6 is 15.9 Å². The van der Waals surface area contributed by atoms with E-state index in [1.165, 1.54) is 0 Å². The molecule has 0 radical (unpaired) electrons. The molecule has 0 bridgehead atoms. The molecule has 2 heterocycles. The van der Waals surface area contributed by atoms with Gasteiger partial charge in [0.2, 0.25) is 0 Å². The van der Waals surface area contributed by atoms with Crippen molar-refractivity contribution < 1.29 is 0 Å². The Labute approximate surface area is 82.7 Å². The number of nitrogens with one attached hydrogen (secondary N) is 1. The summed E-state index contributed by atoms with van der Waals surface area (Å²) in [6, 6.07) is 1.85. The molecule has 0 amide bonds. The maximum Gasteiger partial charge on any atom is 0.129 e. The lowest BCUT2D eigenvalue weighted by Crippen LogP contribution is -1.86. The zero-order valence-corrected chi connectivity index (χ0v) is 8.41. The Kier molecular flexibility index (Phi) is 2.05. The number of aromatic nitrogens is 5. The molecule has 5 nitrogen and oxygen atoms in total. The average molecular weight is 240 g/mol. The topological polar surface area (TPSA) is 67.3 Å². The van der Waals surface area contributed by atoms with Crippen molar-refractivity contribution in [3.63, 3.8) is 0 Å². The van der Waals surface area contributed by atoms with E-state index in [0.29, 0.717) is 4.60 Å². The Hall–Kier alpha value is -1.30. The molecule has 2 aromatic rings. The van der Waals surface area contributed by atoms with Crippen molar-refractivity contribution >= 4 is 15.9 Å². The van der Waals surface area contributed by atoms with E-state index in [9.17, 15) is 0 Å². The summed E-state index contributed by atoms with van der Waals surface area (Å²) in [7, 11) is 0. The van der Waals surface area contributed by atoms with Crippen LogP contribution in [0.1, 0.15) is 5.69 Å². The van der Waals surface area contributed by atoms with Gasteiger partial charge in [-0.3, -0.25) is 0 Å². The molecule has 13 heavy (non-hydrogen) atoms. The summed E-state index contributed by atoms with van der Waals surface area (Å²) < 4.78 is 0.687. The number of rotatable bonds is 1. The molecule has 0 aliphatic heterocycles. The van der Waals surface area contributed by atoms with Crippen LogP contribution in [-0.4, -0.2) is 25.6 Å². The number of aryl methyl sites for hydroxylation is 1. The fourth-order valence-electron chi connectivity index (χ4n) is 1.03. The van der Waals surface area contributed by atoms with Gasteiger partial charge in [-0.15, -0.1) is 5.10 Å². The van der Waals surface area contributed by atoms with E-state index in [4.69, 9.17) is 0 Å². The van der Waals surface area contributed by atoms with Crippen LogP contribution in [0.4, 0.5) is 0 Å². The molecule has 0 aliphatic carbocycles. The Morgan fingerprint density at radius 1 is 1.38 bits per heavy atom. The fourth-order valence-corrected chi connectivity index (χ4v) is 1.37. The van der Waals surface area contributed by atoms with Crippen LogP contribution in [0.25, 0.3) is 11.3 Å². The number of aromatic amines is 1. The van der Waals surface area contributed by atoms with Gasteiger partial charge in [-0.05, 0) is 28.9 Å². The lowest BCUT2D eigenvalue weighted by Gasteiger charge is -1.95. The summed E-state index contributed by atoms with van der Waals surface area (Å²) in [4.78, 5) is 0. The predicted octanol–water partition coefficient (Wildman–Crippen LogP) is 1.33. The molecular formula is C7H6BrN5. The zero-order chi connectivity index (χ0) is 9.26. The van der Waals surface area contributed by atoms with E-state index in [2.05, 4.69) is 41.5 Å². The highest BCUT2D eigenvalue weighted by Gasteiger charge is 2.06. The van der Waals surface area contributed by atoms with E-state index in [1.54, 1.807) is 6.20 Å². The van der Waals surface area contributed by atoms with Crippen LogP contribution in [0, 0.1) is 6.92 Å². The number of halogens is 1. The van der Waals surface area contributed by atoms with Crippen LogP contribution in [0.5, 0.6) is 0 Å². The Morgan fingerprint density at radius 3 is 2.85 bits per heavy atom. The summed E-state index contributed by atoms with van der Waals surface area (Å²) >= 11 is 3.24. The normalized spacial score (nSPS) is 10.3. The van der Waals surface area contributed by atoms with E-state index in [0.717, 1.165) is 17.0 Å². The van der Waals surface area contributed by atoms with Gasteiger partial charge in [0.1, 0.15) is 10.3 Å². The number of hydrogen-bond donors (Lipinski definition) is 1. The first-order valence-corrected chi connectivity index (χ1v) is 4.42. The van der Waals surface area contributed by atoms with Crippen molar-refractivity contribution in [2.45, 2.75) is 6.92 Å². The minimum atomic E-state index is 0.687. The third-order valence-electron chi connectivity index (χ3n) is 1.62. The summed E-state index contributed by atoms with van der Waals surface area (Å²) in [6.45, 7) is 1.88. The van der Waals surface area contributed by atoms with Crippen LogP contribution in [-0.2, 0) is 0 Å². The SMILES string of the molecule is Cc1n[nH]nc1-c1cnnc(Br)c1. The molecule has 6 heteroatoms. The van der Waals surface area contributed by atoms with Crippen molar-refractivity contribution in [2.24, 2.45) is 0 Å². The zero-order valence-electron chi connectivity index (χ0n) is 6.82. The molecule has 0 aromatic carbocycles. The molecule has 1 N–H and O–H groups in total. The second-order valence-corrected chi connectivity index (χ2v) is 3.34. The predicted molar refractivity (Wildman–Crippen MR) is 49.8 cm³/mol. The van der Waals surface area contributed by atoms with E-state index in [-0.39, 0.29) is 0 Å². The summed E-state index contributed by atoms with van der Waals surface area (Å²) in [5.41, 5.74) is 2.55. The molecule has 0 unspecified atom stereocenters. The van der Waals surface area contributed by atoms with Crippen molar-refractivity contribution in [1.29, 1.82) is 0 Å². The molecule has 0 saturated carbocycles. The number of nitrogens with zero attached hydrogens (tertiary/aromatic N) is 4. The van der Waals surface area contributed by atoms with Gasteiger partial charge < -0.3 is 0 Å². The molecule has 0 aliphatic rings. The molecule has 0 fully saturated rings. The van der Waals surface area contributed by atoms with Crippen molar-refractivity contribution in [2.75, 3.05) is 0 Å². The van der Waals surface area contributed by atoms with Gasteiger partial charge in [-0.2, -0.15) is 20.5 Å². The van der Waals surface area contributed by atoms with Crippen LogP contribution in [0.15, 0.2) is 16.9 Å². The second kappa shape index (κ2) is 3.21. The van der Waals surface area contributed by atoms with E-state index in [1.807, 2.05) is 13.0 Å². The maximum atomic E-state index is 4.00. The standard InChI is InChI=1S/C7H6BrN5/c1-4-7(12-13-10-4)5-2-6(8)11-9-3-5/h2-3H,1H3,(H,10,12,13). The molecular weight excluding hydrogens is 234 g/mol. The van der Waals surface area contributed by atoms with Crippen molar-refractivity contribution in [1.82, 2.24) is 25.6 Å². The monoisotopic (exact) mass is 239 g/mol. The molecule has 0 saturated heterocycles. The highest BCUT2D eigenvalue weighted by molar-refractivity contribution is 9.10. The first-order chi connectivity index (χ1) is 6.27. The fraction of sp³-hybridized carbons (Fsp3) is 0.143. The first-order valence-electron chi connectivity index (χ1n) is 3.63. The number of hydrogen-bond acceptors (Lipinski definition) is 4. The van der Waals surface area contributed by atoms with Gasteiger partial charge in [0.15, 0.2) is 0 Å². The van der Waals surface area contributed by atoms with E-state index >= 15 is 0 Å². The molecule has 0 atom stereocenters. The van der Waals surface area contributed by atoms with Gasteiger partial charge in [-0.25, -0.2) is 0 Å². The van der Waals surface area contributed by atoms with Gasteiger partial charge in [0.05, 0.1) is 11.9 Å². The summed E-state index contributed by atoms with van der Waals surface area (Å²) in [6.07, 6.45) is 1.65. The minimum absolute atomic E-state index is 0.687. The average Bonchev–Trinajstić information content (AvgIpc) is 2.51. The van der Waals surface area contributed by atoms with E-state index < -0.39 is 0 Å². The molecule has 2 aromatic heterocycles. The molecule has 66 valence electrons. The highest BCUT2D eigenvalue weighted by atomic mass is 79.9. The first kappa shape index (κ1) is 8.31. The summed E-state index contributed by atoms with van der Waals surface area (Å²) in [5.74, 6) is 0. The maximum absolute atomic E-state index is 4.00. The van der Waals surface area contributed by atoms with Crippen LogP contribution in [0.2, 0.25) is 0 Å². The number of H-pyrrole nitrogens is 1. The molecule has 2 rings (SSSR count). The third-order valence-corrected chi connectivity index (χ3v) is 2.01.